The van der Waals surface area contributed by atoms with Crippen molar-refractivity contribution in [1.82, 2.24) is 0 Å². The smallest absolute Gasteiger partial charge is 0.0615 e. The van der Waals surface area contributed by atoms with Gasteiger partial charge in [0.1, 0.15) is 0 Å². The molecule has 0 unspecified atom stereocenters. The van der Waals surface area contributed by atoms with Gasteiger partial charge in [-0.1, -0.05) is 82.8 Å². The number of allylic oxidation sites excluding steroid dienone is 1. The molecule has 0 bridgehead atoms. The van der Waals surface area contributed by atoms with Crippen LogP contribution >= 0.6 is 0 Å². The SMILES string of the molecule is CCCCCCCCC(=CCO)CCCCCCCCCN. The van der Waals surface area contributed by atoms with E-state index in [0.717, 1.165) is 6.54 Å². The zero-order chi connectivity index (χ0) is 16.3. The molecule has 2 heteroatoms. The Kier molecular flexibility index (Phi) is 18.4. The van der Waals surface area contributed by atoms with E-state index < -0.39 is 0 Å². The molecular formula is C20H41NO. The van der Waals surface area contributed by atoms with Crippen LogP contribution in [0.5, 0.6) is 0 Å². The van der Waals surface area contributed by atoms with E-state index in [2.05, 4.69) is 6.92 Å². The molecule has 0 radical (unpaired) electrons. The maximum absolute atomic E-state index is 9.15. The Morgan fingerprint density at radius 1 is 0.727 bits per heavy atom. The van der Waals surface area contributed by atoms with Gasteiger partial charge in [0.15, 0.2) is 0 Å². The molecule has 132 valence electrons. The first kappa shape index (κ1) is 21.7. The quantitative estimate of drug-likeness (QED) is 0.266. The van der Waals surface area contributed by atoms with E-state index in [0.29, 0.717) is 0 Å². The first-order chi connectivity index (χ1) is 10.8. The number of hydrogen-bond acceptors (Lipinski definition) is 2. The molecule has 0 heterocycles. The summed E-state index contributed by atoms with van der Waals surface area (Å²) in [5.74, 6) is 0. The molecule has 2 nitrogen and oxygen atoms in total. The molecule has 0 saturated carbocycles. The van der Waals surface area contributed by atoms with Crippen LogP contribution in [0.2, 0.25) is 0 Å². The summed E-state index contributed by atoms with van der Waals surface area (Å²) in [6.45, 7) is 3.32. The Labute approximate surface area is 139 Å². The third kappa shape index (κ3) is 16.0. The summed E-state index contributed by atoms with van der Waals surface area (Å²) in [4.78, 5) is 0. The lowest BCUT2D eigenvalue weighted by molar-refractivity contribution is 0.341. The Morgan fingerprint density at radius 2 is 1.18 bits per heavy atom. The minimum absolute atomic E-state index is 0.213. The molecular weight excluding hydrogens is 270 g/mol. The van der Waals surface area contributed by atoms with Gasteiger partial charge in [-0.15, -0.1) is 0 Å². The highest BCUT2D eigenvalue weighted by molar-refractivity contribution is 5.01. The molecule has 0 fully saturated rings. The van der Waals surface area contributed by atoms with Gasteiger partial charge in [0.05, 0.1) is 6.61 Å². The Morgan fingerprint density at radius 3 is 1.64 bits per heavy atom. The van der Waals surface area contributed by atoms with Gasteiger partial charge in [-0.3, -0.25) is 0 Å². The maximum atomic E-state index is 9.15. The predicted molar refractivity (Wildman–Crippen MR) is 99.2 cm³/mol. The second-order valence-corrected chi connectivity index (χ2v) is 6.58. The summed E-state index contributed by atoms with van der Waals surface area (Å²) in [6.07, 6.45) is 21.7. The Hall–Kier alpha value is -0.340. The highest BCUT2D eigenvalue weighted by Gasteiger charge is 1.99. The highest BCUT2D eigenvalue weighted by Crippen LogP contribution is 2.18. The molecule has 0 aliphatic heterocycles. The first-order valence-corrected chi connectivity index (χ1v) is 9.84. The van der Waals surface area contributed by atoms with Gasteiger partial charge in [-0.25, -0.2) is 0 Å². The van der Waals surface area contributed by atoms with Gasteiger partial charge in [0.2, 0.25) is 0 Å². The molecule has 22 heavy (non-hydrogen) atoms. The largest absolute Gasteiger partial charge is 0.392 e. The van der Waals surface area contributed by atoms with Crippen molar-refractivity contribution >= 4 is 0 Å². The Bertz CT molecular complexity index is 238. The van der Waals surface area contributed by atoms with Crippen LogP contribution in [0, 0.1) is 0 Å². The van der Waals surface area contributed by atoms with E-state index >= 15 is 0 Å². The minimum Gasteiger partial charge on any atom is -0.392 e. The molecule has 0 aromatic carbocycles. The van der Waals surface area contributed by atoms with Crippen LogP contribution in [-0.2, 0) is 0 Å². The summed E-state index contributed by atoms with van der Waals surface area (Å²) >= 11 is 0. The fourth-order valence-corrected chi connectivity index (χ4v) is 2.97. The van der Waals surface area contributed by atoms with Crippen molar-refractivity contribution in [1.29, 1.82) is 0 Å². The highest BCUT2D eigenvalue weighted by atomic mass is 16.2. The van der Waals surface area contributed by atoms with Crippen molar-refractivity contribution in [3.63, 3.8) is 0 Å². The summed E-state index contributed by atoms with van der Waals surface area (Å²) in [7, 11) is 0. The number of aliphatic hydroxyl groups is 1. The number of unbranched alkanes of at least 4 members (excludes halogenated alkanes) is 11. The number of aliphatic hydroxyl groups excluding tert-OH is 1. The average Bonchev–Trinajstić information content (AvgIpc) is 2.53. The van der Waals surface area contributed by atoms with E-state index in [1.54, 1.807) is 0 Å². The lowest BCUT2D eigenvalue weighted by atomic mass is 9.99. The van der Waals surface area contributed by atoms with E-state index in [1.807, 2.05) is 6.08 Å². The van der Waals surface area contributed by atoms with E-state index in [-0.39, 0.29) is 6.61 Å². The van der Waals surface area contributed by atoms with Crippen LogP contribution in [0.25, 0.3) is 0 Å². The fourth-order valence-electron chi connectivity index (χ4n) is 2.97. The molecule has 0 aromatic rings. The van der Waals surface area contributed by atoms with Crippen LogP contribution in [-0.4, -0.2) is 18.3 Å². The molecule has 0 rings (SSSR count). The predicted octanol–water partition coefficient (Wildman–Crippen LogP) is 5.74. The summed E-state index contributed by atoms with van der Waals surface area (Å²) in [6, 6.07) is 0. The summed E-state index contributed by atoms with van der Waals surface area (Å²) in [5.41, 5.74) is 6.99. The monoisotopic (exact) mass is 311 g/mol. The van der Waals surface area contributed by atoms with Gasteiger partial charge >= 0.3 is 0 Å². The van der Waals surface area contributed by atoms with Gasteiger partial charge in [-0.2, -0.15) is 0 Å². The average molecular weight is 312 g/mol. The van der Waals surface area contributed by atoms with Crippen molar-refractivity contribution in [3.8, 4) is 0 Å². The van der Waals surface area contributed by atoms with Crippen LogP contribution in [0.15, 0.2) is 11.6 Å². The minimum atomic E-state index is 0.213. The van der Waals surface area contributed by atoms with E-state index in [9.17, 15) is 0 Å². The second kappa shape index (κ2) is 18.7. The third-order valence-corrected chi connectivity index (χ3v) is 4.43. The molecule has 0 amide bonds. The topological polar surface area (TPSA) is 46.2 Å². The second-order valence-electron chi connectivity index (χ2n) is 6.58. The van der Waals surface area contributed by atoms with Crippen LogP contribution in [0.3, 0.4) is 0 Å². The lowest BCUT2D eigenvalue weighted by Crippen LogP contribution is -1.97. The van der Waals surface area contributed by atoms with E-state index in [4.69, 9.17) is 10.8 Å². The number of rotatable bonds is 17. The molecule has 0 saturated heterocycles. The van der Waals surface area contributed by atoms with Gasteiger partial charge in [0.25, 0.3) is 0 Å². The third-order valence-electron chi connectivity index (χ3n) is 4.43. The zero-order valence-corrected chi connectivity index (χ0v) is 15.1. The normalized spacial score (nSPS) is 12.0. The standard InChI is InChI=1S/C20H41NO/c1-2-3-4-5-9-12-15-20(17-19-22)16-13-10-7-6-8-11-14-18-21/h17,22H,2-16,18-19,21H2,1H3. The molecule has 0 atom stereocenters. The van der Waals surface area contributed by atoms with Crippen molar-refractivity contribution in [2.24, 2.45) is 5.73 Å². The number of hydrogen-bond donors (Lipinski definition) is 2. The fraction of sp³-hybridized carbons (Fsp3) is 0.900. The molecule has 0 aliphatic carbocycles. The molecule has 0 spiro atoms. The first-order valence-electron chi connectivity index (χ1n) is 9.84. The summed E-state index contributed by atoms with van der Waals surface area (Å²) < 4.78 is 0. The molecule has 0 aliphatic rings. The molecule has 0 aromatic heterocycles. The van der Waals surface area contributed by atoms with Crippen LogP contribution in [0.1, 0.15) is 103 Å². The lowest BCUT2D eigenvalue weighted by Gasteiger charge is -2.08. The maximum Gasteiger partial charge on any atom is 0.0615 e. The van der Waals surface area contributed by atoms with E-state index in [1.165, 1.54) is 102 Å². The summed E-state index contributed by atoms with van der Waals surface area (Å²) in [5, 5.41) is 9.15. The van der Waals surface area contributed by atoms with Gasteiger partial charge in [-0.05, 0) is 38.6 Å². The van der Waals surface area contributed by atoms with Crippen molar-refractivity contribution < 1.29 is 5.11 Å². The van der Waals surface area contributed by atoms with Gasteiger partial charge < -0.3 is 10.8 Å². The van der Waals surface area contributed by atoms with Crippen molar-refractivity contribution in [3.05, 3.63) is 11.6 Å². The van der Waals surface area contributed by atoms with Gasteiger partial charge in [0, 0.05) is 0 Å². The zero-order valence-electron chi connectivity index (χ0n) is 15.1. The Balaban J connectivity index is 3.50. The number of nitrogens with two attached hydrogens (primary N) is 1. The van der Waals surface area contributed by atoms with Crippen LogP contribution < -0.4 is 5.73 Å². The molecule has 3 N–H and O–H groups in total. The van der Waals surface area contributed by atoms with Crippen molar-refractivity contribution in [2.45, 2.75) is 103 Å². The van der Waals surface area contributed by atoms with Crippen LogP contribution in [0.4, 0.5) is 0 Å². The van der Waals surface area contributed by atoms with Crippen molar-refractivity contribution in [2.75, 3.05) is 13.2 Å².